The monoisotopic (exact) mass is 575 g/mol. The van der Waals surface area contributed by atoms with Crippen molar-refractivity contribution in [3.63, 3.8) is 0 Å². The second-order valence-electron chi connectivity index (χ2n) is 8.32. The molecule has 0 aliphatic carbocycles. The highest BCUT2D eigenvalue weighted by atomic mass is 19.4. The Morgan fingerprint density at radius 2 is 1.56 bits per heavy atom. The second-order valence-corrected chi connectivity index (χ2v) is 8.32. The number of nitrogens with zero attached hydrogens (tertiary/aromatic N) is 2. The summed E-state index contributed by atoms with van der Waals surface area (Å²) in [5, 5.41) is 15.4. The Morgan fingerprint density at radius 3 is 2.20 bits per heavy atom. The molecule has 0 saturated carbocycles. The SMILES string of the molecule is CCCOc1ccc(C(=O)N/N=C/c2ccc(Oc3ccc(C(F)(F)F)cc3[N+](=O)[O-])c(OCC)c2)cc1OCC. The van der Waals surface area contributed by atoms with Gasteiger partial charge in [0, 0.05) is 11.6 Å². The number of carbonyl (C=O) groups excluding carboxylic acids is 1. The molecular formula is C28H28F3N3O7. The molecule has 10 nitrogen and oxygen atoms in total. The van der Waals surface area contributed by atoms with Gasteiger partial charge >= 0.3 is 11.9 Å². The number of carbonyl (C=O) groups is 1. The summed E-state index contributed by atoms with van der Waals surface area (Å²) >= 11 is 0. The summed E-state index contributed by atoms with van der Waals surface area (Å²) in [5.41, 5.74) is 1.16. The molecule has 0 aliphatic heterocycles. The van der Waals surface area contributed by atoms with E-state index in [1.165, 1.54) is 24.4 Å². The average Bonchev–Trinajstić information content (AvgIpc) is 2.93. The number of amides is 1. The molecule has 3 aromatic carbocycles. The Bertz CT molecular complexity index is 1410. The quantitative estimate of drug-likeness (QED) is 0.136. The molecule has 0 unspecified atom stereocenters. The number of hydrazone groups is 1. The topological polar surface area (TPSA) is 122 Å². The summed E-state index contributed by atoms with van der Waals surface area (Å²) < 4.78 is 61.4. The van der Waals surface area contributed by atoms with E-state index >= 15 is 0 Å². The lowest BCUT2D eigenvalue weighted by Gasteiger charge is -2.13. The summed E-state index contributed by atoms with van der Waals surface area (Å²) in [7, 11) is 0. The first kappa shape index (κ1) is 30.7. The minimum Gasteiger partial charge on any atom is -0.490 e. The highest BCUT2D eigenvalue weighted by Crippen LogP contribution is 2.40. The number of alkyl halides is 3. The lowest BCUT2D eigenvalue weighted by atomic mass is 10.1. The maximum absolute atomic E-state index is 13.0. The van der Waals surface area contributed by atoms with E-state index in [0.717, 1.165) is 12.5 Å². The number of nitro benzene ring substituents is 1. The van der Waals surface area contributed by atoms with Crippen molar-refractivity contribution in [3.8, 4) is 28.7 Å². The van der Waals surface area contributed by atoms with Crippen LogP contribution in [0.1, 0.15) is 48.7 Å². The van der Waals surface area contributed by atoms with Gasteiger partial charge in [0.05, 0.1) is 36.5 Å². The van der Waals surface area contributed by atoms with Gasteiger partial charge in [-0.3, -0.25) is 14.9 Å². The molecule has 0 fully saturated rings. The molecule has 0 heterocycles. The number of nitro groups is 1. The molecule has 0 spiro atoms. The molecule has 0 aliphatic rings. The van der Waals surface area contributed by atoms with Gasteiger partial charge in [0.25, 0.3) is 5.91 Å². The third-order valence-electron chi connectivity index (χ3n) is 5.32. The predicted molar refractivity (Wildman–Crippen MR) is 144 cm³/mol. The van der Waals surface area contributed by atoms with Crippen molar-refractivity contribution in [3.05, 3.63) is 81.4 Å². The van der Waals surface area contributed by atoms with Crippen molar-refractivity contribution >= 4 is 17.8 Å². The van der Waals surface area contributed by atoms with Crippen LogP contribution >= 0.6 is 0 Å². The van der Waals surface area contributed by atoms with Gasteiger partial charge in [0.1, 0.15) is 0 Å². The normalized spacial score (nSPS) is 11.3. The Kier molecular flexibility index (Phi) is 10.5. The summed E-state index contributed by atoms with van der Waals surface area (Å²) in [6.45, 7) is 6.58. The number of nitrogens with one attached hydrogen (secondary N) is 1. The van der Waals surface area contributed by atoms with Crippen LogP contribution in [0.4, 0.5) is 18.9 Å². The van der Waals surface area contributed by atoms with E-state index in [0.29, 0.717) is 48.0 Å². The molecule has 3 rings (SSSR count). The summed E-state index contributed by atoms with van der Waals surface area (Å²) in [6, 6.07) is 11.2. The van der Waals surface area contributed by atoms with E-state index < -0.39 is 34.0 Å². The Labute approximate surface area is 233 Å². The van der Waals surface area contributed by atoms with Crippen LogP contribution in [0, 0.1) is 10.1 Å². The van der Waals surface area contributed by atoms with Crippen LogP contribution in [0.25, 0.3) is 0 Å². The van der Waals surface area contributed by atoms with E-state index in [4.69, 9.17) is 18.9 Å². The molecule has 0 atom stereocenters. The van der Waals surface area contributed by atoms with Crippen LogP contribution in [0.3, 0.4) is 0 Å². The highest BCUT2D eigenvalue weighted by molar-refractivity contribution is 5.95. The zero-order chi connectivity index (χ0) is 30.0. The maximum Gasteiger partial charge on any atom is 0.416 e. The minimum atomic E-state index is -4.76. The smallest absolute Gasteiger partial charge is 0.416 e. The molecule has 0 radical (unpaired) electrons. The molecule has 218 valence electrons. The van der Waals surface area contributed by atoms with Gasteiger partial charge in [-0.25, -0.2) is 5.43 Å². The average molecular weight is 576 g/mol. The van der Waals surface area contributed by atoms with Crippen LogP contribution in [0.15, 0.2) is 59.7 Å². The Balaban J connectivity index is 1.77. The van der Waals surface area contributed by atoms with E-state index in [1.807, 2.05) is 13.8 Å². The van der Waals surface area contributed by atoms with E-state index in [-0.39, 0.29) is 18.1 Å². The van der Waals surface area contributed by atoms with Gasteiger partial charge in [-0.1, -0.05) is 6.92 Å². The van der Waals surface area contributed by atoms with Crippen LogP contribution in [0.5, 0.6) is 28.7 Å². The van der Waals surface area contributed by atoms with Crippen LogP contribution in [-0.2, 0) is 6.18 Å². The standard InChI is InChI=1S/C28H28F3N3O7/c1-4-13-40-23-11-8-19(15-26(23)39-6-3)27(35)33-32-17-18-7-10-24(25(14-18)38-5-2)41-22-12-9-20(28(29,30)31)16-21(22)34(36)37/h7-12,14-17H,4-6,13H2,1-3H3,(H,33,35)/b32-17+. The lowest BCUT2D eigenvalue weighted by molar-refractivity contribution is -0.385. The van der Waals surface area contributed by atoms with E-state index in [1.54, 1.807) is 25.1 Å². The number of hydrogen-bond donors (Lipinski definition) is 1. The van der Waals surface area contributed by atoms with Gasteiger partial charge in [-0.2, -0.15) is 18.3 Å². The van der Waals surface area contributed by atoms with Crippen molar-refractivity contribution in [1.29, 1.82) is 0 Å². The first-order valence-corrected chi connectivity index (χ1v) is 12.6. The van der Waals surface area contributed by atoms with Crippen molar-refractivity contribution in [1.82, 2.24) is 5.43 Å². The minimum absolute atomic E-state index is 0.0322. The lowest BCUT2D eigenvalue weighted by Crippen LogP contribution is -2.17. The summed E-state index contributed by atoms with van der Waals surface area (Å²) in [4.78, 5) is 23.1. The van der Waals surface area contributed by atoms with Crippen LogP contribution in [0.2, 0.25) is 0 Å². The van der Waals surface area contributed by atoms with Crippen molar-refractivity contribution in [2.24, 2.45) is 5.10 Å². The Morgan fingerprint density at radius 1 is 0.902 bits per heavy atom. The first-order chi connectivity index (χ1) is 19.6. The molecule has 1 amide bonds. The zero-order valence-electron chi connectivity index (χ0n) is 22.5. The molecule has 41 heavy (non-hydrogen) atoms. The third-order valence-corrected chi connectivity index (χ3v) is 5.32. The van der Waals surface area contributed by atoms with Crippen LogP contribution in [-0.4, -0.2) is 36.9 Å². The fourth-order valence-corrected chi connectivity index (χ4v) is 3.48. The predicted octanol–water partition coefficient (Wildman–Crippen LogP) is 6.76. The number of hydrogen-bond acceptors (Lipinski definition) is 8. The fourth-order valence-electron chi connectivity index (χ4n) is 3.48. The molecule has 3 aromatic rings. The highest BCUT2D eigenvalue weighted by Gasteiger charge is 2.33. The molecule has 0 bridgehead atoms. The van der Waals surface area contributed by atoms with Gasteiger partial charge < -0.3 is 18.9 Å². The molecule has 0 aromatic heterocycles. The fraction of sp³-hybridized carbons (Fsp3) is 0.286. The largest absolute Gasteiger partial charge is 0.490 e. The van der Waals surface area contributed by atoms with Gasteiger partial charge in [0.2, 0.25) is 5.75 Å². The van der Waals surface area contributed by atoms with Gasteiger partial charge in [-0.15, -0.1) is 0 Å². The van der Waals surface area contributed by atoms with Crippen LogP contribution < -0.4 is 24.4 Å². The number of ether oxygens (including phenoxy) is 4. The molecular weight excluding hydrogens is 547 g/mol. The van der Waals surface area contributed by atoms with Crippen molar-refractivity contribution in [2.45, 2.75) is 33.4 Å². The third kappa shape index (κ3) is 8.34. The van der Waals surface area contributed by atoms with E-state index in [9.17, 15) is 28.1 Å². The molecule has 1 N–H and O–H groups in total. The number of halogens is 3. The first-order valence-electron chi connectivity index (χ1n) is 12.6. The summed E-state index contributed by atoms with van der Waals surface area (Å²) in [5.74, 6) is 0.258. The van der Waals surface area contributed by atoms with Gasteiger partial charge in [0.15, 0.2) is 23.0 Å². The number of rotatable bonds is 13. The summed E-state index contributed by atoms with van der Waals surface area (Å²) in [6.07, 6.45) is -2.60. The zero-order valence-corrected chi connectivity index (χ0v) is 22.5. The molecule has 13 heteroatoms. The van der Waals surface area contributed by atoms with Crippen molar-refractivity contribution in [2.75, 3.05) is 19.8 Å². The Hall–Kier alpha value is -4.81. The van der Waals surface area contributed by atoms with Crippen molar-refractivity contribution < 1.29 is 41.8 Å². The maximum atomic E-state index is 13.0. The van der Waals surface area contributed by atoms with Gasteiger partial charge in [-0.05, 0) is 74.4 Å². The number of benzene rings is 3. The molecule has 0 saturated heterocycles. The second kappa shape index (κ2) is 14.0. The van der Waals surface area contributed by atoms with E-state index in [2.05, 4.69) is 10.5 Å².